The van der Waals surface area contributed by atoms with Gasteiger partial charge in [0.1, 0.15) is 11.8 Å². The lowest BCUT2D eigenvalue weighted by atomic mass is 10.1. The lowest BCUT2D eigenvalue weighted by Crippen LogP contribution is -2.20. The first-order chi connectivity index (χ1) is 8.55. The number of nitrogens with one attached hydrogen (secondary N) is 1. The van der Waals surface area contributed by atoms with Crippen molar-refractivity contribution in [2.75, 3.05) is 13.1 Å². The molecular weight excluding hydrogens is 245 g/mol. The normalized spacial score (nSPS) is 21.4. The monoisotopic (exact) mass is 260 g/mol. The van der Waals surface area contributed by atoms with Gasteiger partial charge < -0.3 is 10.1 Å². The van der Waals surface area contributed by atoms with E-state index in [4.69, 9.17) is 4.74 Å². The average molecular weight is 260 g/mol. The van der Waals surface area contributed by atoms with Crippen LogP contribution in [-0.2, 0) is 6.18 Å². The second-order valence-electron chi connectivity index (χ2n) is 4.28. The molecule has 1 atom stereocenters. The van der Waals surface area contributed by atoms with Crippen molar-refractivity contribution in [3.05, 3.63) is 23.9 Å². The maximum Gasteiger partial charge on any atom is 0.433 e. The molecule has 0 aromatic carbocycles. The first-order valence-corrected chi connectivity index (χ1v) is 5.97. The Kier molecular flexibility index (Phi) is 4.06. The summed E-state index contributed by atoms with van der Waals surface area (Å²) in [5, 5.41) is 3.22. The largest absolute Gasteiger partial charge is 0.474 e. The molecule has 18 heavy (non-hydrogen) atoms. The number of ether oxygens (including phenoxy) is 1. The van der Waals surface area contributed by atoms with Gasteiger partial charge in [-0.15, -0.1) is 0 Å². The van der Waals surface area contributed by atoms with Crippen LogP contribution >= 0.6 is 0 Å². The molecule has 1 aliphatic heterocycles. The Bertz CT molecular complexity index is 387. The fourth-order valence-corrected chi connectivity index (χ4v) is 1.91. The molecule has 2 rings (SSSR count). The summed E-state index contributed by atoms with van der Waals surface area (Å²) < 4.78 is 43.0. The quantitative estimate of drug-likeness (QED) is 0.887. The topological polar surface area (TPSA) is 34.1 Å². The molecule has 1 N–H and O–H groups in total. The van der Waals surface area contributed by atoms with Crippen LogP contribution in [-0.4, -0.2) is 24.2 Å². The second kappa shape index (κ2) is 5.56. The standard InChI is InChI=1S/C12H15F3N2O/c13-12(14,15)10-4-1-5-11(17-10)18-9-3-2-7-16-8-6-9/h1,4-5,9,16H,2-3,6-8H2. The number of hydrogen-bond acceptors (Lipinski definition) is 3. The van der Waals surface area contributed by atoms with Crippen LogP contribution in [0.3, 0.4) is 0 Å². The molecule has 1 aromatic heterocycles. The van der Waals surface area contributed by atoms with Crippen molar-refractivity contribution < 1.29 is 17.9 Å². The lowest BCUT2D eigenvalue weighted by molar-refractivity contribution is -0.141. The molecule has 1 aliphatic rings. The van der Waals surface area contributed by atoms with E-state index in [1.54, 1.807) is 0 Å². The molecular formula is C12H15F3N2O. The van der Waals surface area contributed by atoms with E-state index in [1.807, 2.05) is 0 Å². The zero-order valence-electron chi connectivity index (χ0n) is 9.83. The van der Waals surface area contributed by atoms with Gasteiger partial charge in [-0.25, -0.2) is 4.98 Å². The van der Waals surface area contributed by atoms with Crippen molar-refractivity contribution in [2.24, 2.45) is 0 Å². The molecule has 1 unspecified atom stereocenters. The van der Waals surface area contributed by atoms with Gasteiger partial charge in [0.25, 0.3) is 0 Å². The van der Waals surface area contributed by atoms with Crippen LogP contribution in [0.15, 0.2) is 18.2 Å². The summed E-state index contributed by atoms with van der Waals surface area (Å²) in [6, 6.07) is 3.73. The molecule has 100 valence electrons. The van der Waals surface area contributed by atoms with Gasteiger partial charge in [-0.1, -0.05) is 6.07 Å². The van der Waals surface area contributed by atoms with Gasteiger partial charge in [-0.3, -0.25) is 0 Å². The maximum atomic E-state index is 12.5. The summed E-state index contributed by atoms with van der Waals surface area (Å²) in [5.74, 6) is 0.0525. The second-order valence-corrected chi connectivity index (χ2v) is 4.28. The predicted octanol–water partition coefficient (Wildman–Crippen LogP) is 2.62. The first-order valence-electron chi connectivity index (χ1n) is 5.97. The lowest BCUT2D eigenvalue weighted by Gasteiger charge is -2.16. The molecule has 0 aliphatic carbocycles. The Labute approximate surface area is 103 Å². The third-order valence-corrected chi connectivity index (χ3v) is 2.82. The molecule has 0 radical (unpaired) electrons. The molecule has 1 saturated heterocycles. The summed E-state index contributed by atoms with van der Waals surface area (Å²) in [7, 11) is 0. The SMILES string of the molecule is FC(F)(F)c1cccc(OC2CCCNCC2)n1. The fourth-order valence-electron chi connectivity index (χ4n) is 1.91. The molecule has 6 heteroatoms. The van der Waals surface area contributed by atoms with Gasteiger partial charge in [0.2, 0.25) is 5.88 Å². The van der Waals surface area contributed by atoms with E-state index in [0.29, 0.717) is 0 Å². The van der Waals surface area contributed by atoms with Crippen molar-refractivity contribution in [2.45, 2.75) is 31.5 Å². The van der Waals surface area contributed by atoms with Crippen molar-refractivity contribution in [1.29, 1.82) is 0 Å². The summed E-state index contributed by atoms with van der Waals surface area (Å²) in [6.45, 7) is 1.75. The van der Waals surface area contributed by atoms with Crippen LogP contribution in [0.25, 0.3) is 0 Å². The summed E-state index contributed by atoms with van der Waals surface area (Å²) in [4.78, 5) is 3.50. The number of alkyl halides is 3. The van der Waals surface area contributed by atoms with Crippen LogP contribution in [0.4, 0.5) is 13.2 Å². The Morgan fingerprint density at radius 1 is 1.22 bits per heavy atom. The highest BCUT2D eigenvalue weighted by atomic mass is 19.4. The maximum absolute atomic E-state index is 12.5. The fraction of sp³-hybridized carbons (Fsp3) is 0.583. The van der Waals surface area contributed by atoms with Gasteiger partial charge in [0, 0.05) is 6.07 Å². The summed E-state index contributed by atoms with van der Waals surface area (Å²) >= 11 is 0. The van der Waals surface area contributed by atoms with Gasteiger partial charge in [-0.05, 0) is 38.4 Å². The van der Waals surface area contributed by atoms with Crippen LogP contribution in [0.2, 0.25) is 0 Å². The average Bonchev–Trinajstić information content (AvgIpc) is 2.57. The zero-order valence-corrected chi connectivity index (χ0v) is 9.83. The van der Waals surface area contributed by atoms with E-state index in [1.165, 1.54) is 12.1 Å². The number of rotatable bonds is 2. The van der Waals surface area contributed by atoms with Gasteiger partial charge >= 0.3 is 6.18 Å². The molecule has 0 spiro atoms. The van der Waals surface area contributed by atoms with E-state index in [-0.39, 0.29) is 12.0 Å². The molecule has 3 nitrogen and oxygen atoms in total. The van der Waals surface area contributed by atoms with E-state index in [0.717, 1.165) is 38.4 Å². The third-order valence-electron chi connectivity index (χ3n) is 2.82. The highest BCUT2D eigenvalue weighted by molar-refractivity contribution is 5.18. The van der Waals surface area contributed by atoms with Crippen LogP contribution in [0.5, 0.6) is 5.88 Å². The highest BCUT2D eigenvalue weighted by Crippen LogP contribution is 2.29. The zero-order chi connectivity index (χ0) is 13.0. The number of aromatic nitrogens is 1. The molecule has 1 fully saturated rings. The van der Waals surface area contributed by atoms with Crippen LogP contribution in [0.1, 0.15) is 25.0 Å². The van der Waals surface area contributed by atoms with Gasteiger partial charge in [0.15, 0.2) is 0 Å². The third kappa shape index (κ3) is 3.60. The van der Waals surface area contributed by atoms with Crippen molar-refractivity contribution in [1.82, 2.24) is 10.3 Å². The Balaban J connectivity index is 2.04. The minimum Gasteiger partial charge on any atom is -0.474 e. The van der Waals surface area contributed by atoms with E-state index in [9.17, 15) is 13.2 Å². The Morgan fingerprint density at radius 3 is 2.83 bits per heavy atom. The number of pyridine rings is 1. The Morgan fingerprint density at radius 2 is 2.06 bits per heavy atom. The number of halogens is 3. The number of hydrogen-bond donors (Lipinski definition) is 1. The minimum absolute atomic E-state index is 0.0525. The summed E-state index contributed by atoms with van der Waals surface area (Å²) in [6.07, 6.45) is -1.90. The molecule has 1 aromatic rings. The van der Waals surface area contributed by atoms with Crippen molar-refractivity contribution in [3.63, 3.8) is 0 Å². The molecule has 2 heterocycles. The molecule has 0 bridgehead atoms. The smallest absolute Gasteiger partial charge is 0.433 e. The molecule has 0 amide bonds. The predicted molar refractivity (Wildman–Crippen MR) is 60.4 cm³/mol. The van der Waals surface area contributed by atoms with Crippen LogP contribution < -0.4 is 10.1 Å². The first kappa shape index (κ1) is 13.1. The van der Waals surface area contributed by atoms with Crippen LogP contribution in [0, 0.1) is 0 Å². The van der Waals surface area contributed by atoms with E-state index >= 15 is 0 Å². The highest BCUT2D eigenvalue weighted by Gasteiger charge is 2.32. The van der Waals surface area contributed by atoms with Crippen molar-refractivity contribution in [3.8, 4) is 5.88 Å². The molecule has 0 saturated carbocycles. The van der Waals surface area contributed by atoms with Crippen molar-refractivity contribution >= 4 is 0 Å². The van der Waals surface area contributed by atoms with Gasteiger partial charge in [0.05, 0.1) is 0 Å². The Hall–Kier alpha value is -1.30. The summed E-state index contributed by atoms with van der Waals surface area (Å²) in [5.41, 5.74) is -0.910. The van der Waals surface area contributed by atoms with E-state index in [2.05, 4.69) is 10.3 Å². The van der Waals surface area contributed by atoms with Gasteiger partial charge in [-0.2, -0.15) is 13.2 Å². The number of nitrogens with zero attached hydrogens (tertiary/aromatic N) is 1. The minimum atomic E-state index is -4.43. The van der Waals surface area contributed by atoms with E-state index < -0.39 is 11.9 Å².